The maximum atomic E-state index is 10.4. The summed E-state index contributed by atoms with van der Waals surface area (Å²) < 4.78 is 19.6. The summed E-state index contributed by atoms with van der Waals surface area (Å²) in [5.41, 5.74) is 0. The summed E-state index contributed by atoms with van der Waals surface area (Å²) in [5, 5.41) is 0. The van der Waals surface area contributed by atoms with Crippen molar-refractivity contribution in [2.24, 2.45) is 0 Å². The second kappa shape index (κ2) is 5.75. The van der Waals surface area contributed by atoms with E-state index < -0.39 is 9.17 Å². The maximum Gasteiger partial charge on any atom is 0.767 e. The Balaban J connectivity index is 2.97. The van der Waals surface area contributed by atoms with Crippen molar-refractivity contribution in [3.8, 4) is 0 Å². The molecule has 0 saturated carbocycles. The molecular weight excluding hydrogens is 136 g/mol. The molecule has 0 unspecified atom stereocenters. The highest BCUT2D eigenvalue weighted by Crippen LogP contribution is 1.86. The normalized spacial score (nSPS) is 8.67. The van der Waals surface area contributed by atoms with E-state index in [2.05, 4.69) is 4.43 Å². The lowest BCUT2D eigenvalue weighted by molar-refractivity contribution is 0.194. The van der Waals surface area contributed by atoms with Crippen LogP contribution < -0.4 is 0 Å². The maximum absolute atomic E-state index is 10.4. The Labute approximate surface area is 56.9 Å². The van der Waals surface area contributed by atoms with E-state index >= 15 is 0 Å². The number of hydrogen-bond donors (Lipinski definition) is 0. The SMILES string of the molecule is CCCCO[Si](=O)OC. The zero-order valence-electron chi connectivity index (χ0n) is 5.85. The average molecular weight is 148 g/mol. The van der Waals surface area contributed by atoms with Crippen LogP contribution in [0.4, 0.5) is 0 Å². The molecule has 0 rings (SSSR count). The zero-order chi connectivity index (χ0) is 7.11. The topological polar surface area (TPSA) is 35.5 Å². The molecule has 0 aliphatic carbocycles. The van der Waals surface area contributed by atoms with Crippen LogP contribution >= 0.6 is 0 Å². The first-order valence-corrected chi connectivity index (χ1v) is 4.24. The van der Waals surface area contributed by atoms with Gasteiger partial charge in [-0.15, -0.1) is 0 Å². The Kier molecular flexibility index (Phi) is 5.50. The van der Waals surface area contributed by atoms with Gasteiger partial charge in [-0.25, -0.2) is 0 Å². The molecule has 0 aliphatic heterocycles. The van der Waals surface area contributed by atoms with E-state index in [-0.39, 0.29) is 0 Å². The quantitative estimate of drug-likeness (QED) is 0.428. The van der Waals surface area contributed by atoms with Gasteiger partial charge in [-0.1, -0.05) is 13.3 Å². The highest BCUT2D eigenvalue weighted by atomic mass is 28.3. The van der Waals surface area contributed by atoms with Gasteiger partial charge in [0.25, 0.3) is 0 Å². The Hall–Kier alpha value is -0.383. The Morgan fingerprint density at radius 3 is 2.67 bits per heavy atom. The van der Waals surface area contributed by atoms with E-state index in [0.29, 0.717) is 6.61 Å². The van der Waals surface area contributed by atoms with Crippen LogP contribution in [0.25, 0.3) is 0 Å². The molecule has 0 heterocycles. The molecule has 9 heavy (non-hydrogen) atoms. The van der Waals surface area contributed by atoms with Crippen molar-refractivity contribution in [1.82, 2.24) is 0 Å². The van der Waals surface area contributed by atoms with Gasteiger partial charge in [0.2, 0.25) is 0 Å². The van der Waals surface area contributed by atoms with Crippen molar-refractivity contribution < 1.29 is 13.3 Å². The van der Waals surface area contributed by atoms with Crippen LogP contribution in [0.15, 0.2) is 0 Å². The van der Waals surface area contributed by atoms with E-state index in [4.69, 9.17) is 4.43 Å². The molecule has 0 aromatic heterocycles. The Bertz CT molecular complexity index is 84.3. The van der Waals surface area contributed by atoms with Crippen LogP contribution in [0.3, 0.4) is 0 Å². The number of unbranched alkanes of at least 4 members (excludes halogenated alkanes) is 1. The minimum Gasteiger partial charge on any atom is -0.499 e. The highest BCUT2D eigenvalue weighted by Gasteiger charge is 2.05. The van der Waals surface area contributed by atoms with Crippen molar-refractivity contribution >= 4 is 9.17 Å². The lowest BCUT2D eigenvalue weighted by Gasteiger charge is -1.98. The van der Waals surface area contributed by atoms with Gasteiger partial charge in [0.1, 0.15) is 0 Å². The van der Waals surface area contributed by atoms with Crippen LogP contribution in [-0.2, 0) is 13.3 Å². The van der Waals surface area contributed by atoms with Gasteiger partial charge in [-0.3, -0.25) is 4.46 Å². The first kappa shape index (κ1) is 8.62. The Morgan fingerprint density at radius 1 is 1.56 bits per heavy atom. The second-order valence-corrected chi connectivity index (χ2v) is 2.85. The monoisotopic (exact) mass is 148 g/mol. The summed E-state index contributed by atoms with van der Waals surface area (Å²) in [5.74, 6) is 0. The van der Waals surface area contributed by atoms with Gasteiger partial charge >= 0.3 is 9.17 Å². The van der Waals surface area contributed by atoms with Crippen molar-refractivity contribution in [3.05, 3.63) is 0 Å². The van der Waals surface area contributed by atoms with Crippen LogP contribution in [0, 0.1) is 0 Å². The average Bonchev–Trinajstić information content (AvgIpc) is 1.89. The van der Waals surface area contributed by atoms with Crippen LogP contribution in [-0.4, -0.2) is 22.9 Å². The van der Waals surface area contributed by atoms with E-state index in [1.807, 2.05) is 6.92 Å². The molecule has 0 amide bonds. The highest BCUT2D eigenvalue weighted by molar-refractivity contribution is 6.25. The van der Waals surface area contributed by atoms with Crippen molar-refractivity contribution in [2.45, 2.75) is 19.8 Å². The number of rotatable bonds is 5. The Morgan fingerprint density at radius 2 is 2.22 bits per heavy atom. The fourth-order valence-corrected chi connectivity index (χ4v) is 0.788. The van der Waals surface area contributed by atoms with Crippen molar-refractivity contribution in [2.75, 3.05) is 13.7 Å². The molecule has 0 saturated heterocycles. The smallest absolute Gasteiger partial charge is 0.499 e. The third-order valence-electron chi connectivity index (χ3n) is 0.884. The van der Waals surface area contributed by atoms with Crippen molar-refractivity contribution in [1.29, 1.82) is 0 Å². The van der Waals surface area contributed by atoms with Crippen LogP contribution in [0.5, 0.6) is 0 Å². The molecule has 3 nitrogen and oxygen atoms in total. The molecule has 0 atom stereocenters. The molecule has 0 spiro atoms. The molecule has 0 aromatic carbocycles. The minimum atomic E-state index is -2.15. The van der Waals surface area contributed by atoms with Crippen molar-refractivity contribution in [3.63, 3.8) is 0 Å². The molecule has 0 aliphatic rings. The van der Waals surface area contributed by atoms with Gasteiger partial charge in [0.05, 0.1) is 13.7 Å². The third kappa shape index (κ3) is 5.49. The largest absolute Gasteiger partial charge is 0.767 e. The molecule has 0 radical (unpaired) electrons. The first-order chi connectivity index (χ1) is 4.31. The first-order valence-electron chi connectivity index (χ1n) is 3.02. The standard InChI is InChI=1S/C5H12O3Si/c1-3-4-5-8-9(6)7-2/h3-5H2,1-2H3. The van der Waals surface area contributed by atoms with E-state index in [0.717, 1.165) is 12.8 Å². The third-order valence-corrected chi connectivity index (χ3v) is 1.66. The summed E-state index contributed by atoms with van der Waals surface area (Å²) in [4.78, 5) is 0. The molecular formula is C5H12O3Si. The fraction of sp³-hybridized carbons (Fsp3) is 1.00. The van der Waals surface area contributed by atoms with Gasteiger partial charge in [-0.2, -0.15) is 0 Å². The summed E-state index contributed by atoms with van der Waals surface area (Å²) in [6, 6.07) is 0. The van der Waals surface area contributed by atoms with Gasteiger partial charge in [0.15, 0.2) is 0 Å². The molecule has 4 heteroatoms. The van der Waals surface area contributed by atoms with E-state index in [1.54, 1.807) is 0 Å². The summed E-state index contributed by atoms with van der Waals surface area (Å²) >= 11 is 0. The van der Waals surface area contributed by atoms with E-state index in [1.165, 1.54) is 7.11 Å². The van der Waals surface area contributed by atoms with Gasteiger partial charge in [-0.05, 0) is 6.42 Å². The lowest BCUT2D eigenvalue weighted by atomic mass is 10.4. The molecule has 0 bridgehead atoms. The lowest BCUT2D eigenvalue weighted by Crippen LogP contribution is -2.10. The summed E-state index contributed by atoms with van der Waals surface area (Å²) in [6.45, 7) is 2.59. The number of hydrogen-bond acceptors (Lipinski definition) is 3. The van der Waals surface area contributed by atoms with Gasteiger partial charge < -0.3 is 8.85 Å². The molecule has 0 aromatic rings. The predicted molar refractivity (Wildman–Crippen MR) is 34.3 cm³/mol. The molecule has 54 valence electrons. The minimum absolute atomic E-state index is 0.544. The zero-order valence-corrected chi connectivity index (χ0v) is 6.85. The summed E-state index contributed by atoms with van der Waals surface area (Å²) in [7, 11) is -0.769. The molecule has 0 fully saturated rings. The predicted octanol–water partition coefficient (Wildman–Crippen LogP) is 0.865. The van der Waals surface area contributed by atoms with Gasteiger partial charge in [0, 0.05) is 0 Å². The van der Waals surface area contributed by atoms with Crippen LogP contribution in [0.2, 0.25) is 0 Å². The second-order valence-electron chi connectivity index (χ2n) is 1.66. The van der Waals surface area contributed by atoms with E-state index in [9.17, 15) is 4.46 Å². The molecule has 0 N–H and O–H groups in total. The summed E-state index contributed by atoms with van der Waals surface area (Å²) in [6.07, 6.45) is 2.00. The van der Waals surface area contributed by atoms with Crippen LogP contribution in [0.1, 0.15) is 19.8 Å². The fourth-order valence-electron chi connectivity index (χ4n) is 0.359.